The third kappa shape index (κ3) is 5.60. The topological polar surface area (TPSA) is 3.24 Å². The van der Waals surface area contributed by atoms with E-state index in [4.69, 9.17) is 23.2 Å². The molecular formula is C14H17Cl2FeN-6. The average molecular weight is 326 g/mol. The minimum Gasteiger partial charge on any atom is -0.747 e. The van der Waals surface area contributed by atoms with Gasteiger partial charge in [0.2, 0.25) is 0 Å². The molecule has 106 valence electrons. The summed E-state index contributed by atoms with van der Waals surface area (Å²) in [5, 5.41) is 1.68. The first kappa shape index (κ1) is 17.8. The molecule has 2 aromatic rings. The van der Waals surface area contributed by atoms with Gasteiger partial charge in [-0.2, -0.15) is 12.1 Å². The average Bonchev–Trinajstić information content (AvgIpc) is 2.89. The number of nitrogens with zero attached hydrogens (tertiary/aromatic N) is 1. The molecule has 2 aromatic carbocycles. The number of rotatable bonds is 2. The molecule has 0 saturated heterocycles. The Balaban J connectivity index is 0.000000352. The van der Waals surface area contributed by atoms with Crippen LogP contribution in [-0.4, -0.2) is 19.0 Å². The van der Waals surface area contributed by atoms with E-state index in [9.17, 15) is 0 Å². The van der Waals surface area contributed by atoms with Crippen LogP contribution in [0.2, 0.25) is 10.0 Å². The number of hydrogen-bond donors (Lipinski definition) is 0. The molecule has 0 aliphatic heterocycles. The summed E-state index contributed by atoms with van der Waals surface area (Å²) in [5.41, 5.74) is 1.21. The molecule has 0 unspecified atom stereocenters. The van der Waals surface area contributed by atoms with Gasteiger partial charge in [0.1, 0.15) is 0 Å². The summed E-state index contributed by atoms with van der Waals surface area (Å²) >= 11 is 11.4. The van der Waals surface area contributed by atoms with Crippen LogP contribution in [0.15, 0.2) is 42.5 Å². The monoisotopic (exact) mass is 325 g/mol. The summed E-state index contributed by atoms with van der Waals surface area (Å²) in [5.74, 6) is 0. The van der Waals surface area contributed by atoms with Gasteiger partial charge in [-0.1, -0.05) is 11.9 Å². The van der Waals surface area contributed by atoms with E-state index in [0.717, 1.165) is 10.0 Å². The maximum absolute atomic E-state index is 5.95. The molecule has 0 aromatic heterocycles. The Hall–Kier alpha value is -0.241. The van der Waals surface area contributed by atoms with Crippen LogP contribution in [0.4, 0.5) is 0 Å². The Morgan fingerprint density at radius 2 is 1.83 bits per heavy atom. The van der Waals surface area contributed by atoms with E-state index in [1.807, 2.05) is 50.5 Å². The second kappa shape index (κ2) is 8.79. The van der Waals surface area contributed by atoms with Gasteiger partial charge in [0.15, 0.2) is 0 Å². The number of hydrogen-bond acceptors (Lipinski definition) is 1. The molecule has 0 heterocycles. The van der Waals surface area contributed by atoms with Crippen molar-refractivity contribution in [1.82, 2.24) is 4.90 Å². The smallest absolute Gasteiger partial charge is 0 e. The molecule has 0 aliphatic carbocycles. The summed E-state index contributed by atoms with van der Waals surface area (Å²) in [4.78, 5) is 2.14. The van der Waals surface area contributed by atoms with E-state index in [2.05, 4.69) is 17.9 Å². The third-order valence-electron chi connectivity index (χ3n) is 2.64. The maximum atomic E-state index is 5.95. The first-order valence-electron chi connectivity index (χ1n) is 5.47. The van der Waals surface area contributed by atoms with Crippen molar-refractivity contribution in [1.29, 1.82) is 0 Å². The van der Waals surface area contributed by atoms with E-state index in [0.29, 0.717) is 6.04 Å². The van der Waals surface area contributed by atoms with Crippen LogP contribution < -0.4 is 0 Å². The van der Waals surface area contributed by atoms with Gasteiger partial charge < -0.3 is 45.8 Å². The Kier molecular flexibility index (Phi) is 8.67. The maximum Gasteiger partial charge on any atom is 0 e. The summed E-state index contributed by atoms with van der Waals surface area (Å²) in [6.45, 7) is 2.14. The van der Waals surface area contributed by atoms with Crippen molar-refractivity contribution >= 4 is 23.2 Å². The molecule has 0 N–H and O–H groups in total. The molecule has 1 nitrogen and oxygen atoms in total. The van der Waals surface area contributed by atoms with Gasteiger partial charge >= 0.3 is 0 Å². The quantitative estimate of drug-likeness (QED) is 0.569. The fourth-order valence-electron chi connectivity index (χ4n) is 1.38. The van der Waals surface area contributed by atoms with Crippen LogP contribution in [0.5, 0.6) is 0 Å². The van der Waals surface area contributed by atoms with E-state index in [1.165, 1.54) is 5.56 Å². The molecule has 0 fully saturated rings. The molecule has 0 aliphatic rings. The first-order valence-corrected chi connectivity index (χ1v) is 6.22. The molecule has 2 rings (SSSR count). The van der Waals surface area contributed by atoms with Gasteiger partial charge in [0.25, 0.3) is 0 Å². The Bertz CT molecular complexity index is 421. The van der Waals surface area contributed by atoms with Crippen molar-refractivity contribution in [3.05, 3.63) is 58.1 Å². The van der Waals surface area contributed by atoms with Crippen LogP contribution >= 0.6 is 23.2 Å². The van der Waals surface area contributed by atoms with Crippen LogP contribution in [0.1, 0.15) is 18.5 Å². The molecule has 0 bridgehead atoms. The first-order chi connectivity index (χ1) is 8.02. The van der Waals surface area contributed by atoms with Crippen molar-refractivity contribution < 1.29 is 17.1 Å². The van der Waals surface area contributed by atoms with Crippen LogP contribution in [0.3, 0.4) is 0 Å². The molecular weight excluding hydrogens is 309 g/mol. The summed E-state index contributed by atoms with van der Waals surface area (Å²) in [6, 6.07) is 13.9. The predicted octanol–water partition coefficient (Wildman–Crippen LogP) is 4.74. The number of halogens is 2. The summed E-state index contributed by atoms with van der Waals surface area (Å²) in [7, 11) is 4.10. The Labute approximate surface area is 130 Å². The van der Waals surface area contributed by atoms with Crippen molar-refractivity contribution in [2.75, 3.05) is 14.1 Å². The van der Waals surface area contributed by atoms with E-state index >= 15 is 0 Å². The van der Waals surface area contributed by atoms with Gasteiger partial charge in [0.05, 0.1) is 0 Å². The second-order valence-electron chi connectivity index (χ2n) is 4.07. The molecule has 0 spiro atoms. The van der Waals surface area contributed by atoms with Gasteiger partial charge in [-0.25, -0.2) is 6.07 Å². The third-order valence-corrected chi connectivity index (χ3v) is 3.24. The van der Waals surface area contributed by atoms with Crippen molar-refractivity contribution in [3.63, 3.8) is 0 Å². The largest absolute Gasteiger partial charge is 0.747 e. The van der Waals surface area contributed by atoms with Gasteiger partial charge in [-0.15, -0.1) is 17.2 Å². The zero-order chi connectivity index (χ0) is 12.8. The van der Waals surface area contributed by atoms with Crippen LogP contribution in [0.25, 0.3) is 0 Å². The predicted molar refractivity (Wildman–Crippen MR) is 76.2 cm³/mol. The fraction of sp³-hybridized carbons (Fsp3) is 0.286. The Morgan fingerprint density at radius 1 is 1.28 bits per heavy atom. The molecule has 0 saturated carbocycles. The summed E-state index contributed by atoms with van der Waals surface area (Å²) in [6.07, 6.45) is 0. The SMILES string of the molecule is C[C@H]([c-]1cccc1Cl)N(C)C.Cl[c-]1[cH-][cH-][cH-][cH-]1.[Fe]. The minimum atomic E-state index is 0. The standard InChI is InChI=1S/C9H13ClN.C5H4Cl.Fe/c1-7(11(2)3)8-5-4-6-9(8)10;6-5-3-1-2-4-5;/h4-7H,1-3H3;1-4H;/q-1;-5;/t7-;;/m1../s1. The van der Waals surface area contributed by atoms with Crippen molar-refractivity contribution in [3.8, 4) is 0 Å². The molecule has 0 radical (unpaired) electrons. The van der Waals surface area contributed by atoms with Crippen LogP contribution in [-0.2, 0) is 17.1 Å². The van der Waals surface area contributed by atoms with E-state index in [-0.39, 0.29) is 17.1 Å². The van der Waals surface area contributed by atoms with Gasteiger partial charge in [-0.3, -0.25) is 0 Å². The van der Waals surface area contributed by atoms with Crippen LogP contribution in [0, 0.1) is 0 Å². The second-order valence-corrected chi connectivity index (χ2v) is 4.92. The zero-order valence-electron chi connectivity index (χ0n) is 10.7. The van der Waals surface area contributed by atoms with Gasteiger partial charge in [0, 0.05) is 17.1 Å². The molecule has 0 amide bonds. The van der Waals surface area contributed by atoms with E-state index < -0.39 is 0 Å². The molecule has 4 heteroatoms. The van der Waals surface area contributed by atoms with E-state index in [1.54, 1.807) is 0 Å². The van der Waals surface area contributed by atoms with Crippen molar-refractivity contribution in [2.24, 2.45) is 0 Å². The zero-order valence-corrected chi connectivity index (χ0v) is 13.3. The normalized spacial score (nSPS) is 11.4. The summed E-state index contributed by atoms with van der Waals surface area (Å²) < 4.78 is 0. The fourth-order valence-corrected chi connectivity index (χ4v) is 1.82. The molecule has 18 heavy (non-hydrogen) atoms. The van der Waals surface area contributed by atoms with Crippen molar-refractivity contribution in [2.45, 2.75) is 13.0 Å². The minimum absolute atomic E-state index is 0. The molecule has 1 atom stereocenters. The Morgan fingerprint density at radius 3 is 2.11 bits per heavy atom. The van der Waals surface area contributed by atoms with Gasteiger partial charge in [-0.05, 0) is 20.1 Å².